The second kappa shape index (κ2) is 6.10. The average Bonchev–Trinajstić information content (AvgIpc) is 2.31. The molecule has 2 heteroatoms. The van der Waals surface area contributed by atoms with E-state index in [1.807, 2.05) is 58.0 Å². The van der Waals surface area contributed by atoms with Crippen molar-refractivity contribution in [3.05, 3.63) is 58.7 Å². The number of phenolic OH excluding ortho intramolecular Hbond substituents is 2. The number of phenols is 2. The molecule has 0 radical (unpaired) electrons. The Morgan fingerprint density at radius 1 is 0.722 bits per heavy atom. The van der Waals surface area contributed by atoms with Gasteiger partial charge in [0.05, 0.1) is 0 Å². The highest BCUT2D eigenvalue weighted by molar-refractivity contribution is 5.41. The van der Waals surface area contributed by atoms with Crippen LogP contribution in [0.3, 0.4) is 0 Å². The van der Waals surface area contributed by atoms with Gasteiger partial charge in [-0.25, -0.2) is 0 Å². The topological polar surface area (TPSA) is 40.5 Å². The Morgan fingerprint density at radius 3 is 1.61 bits per heavy atom. The number of hydrogen-bond acceptors (Lipinski definition) is 2. The quantitative estimate of drug-likeness (QED) is 0.735. The van der Waals surface area contributed by atoms with Gasteiger partial charge in [0.15, 0.2) is 0 Å². The van der Waals surface area contributed by atoms with Crippen LogP contribution in [0.4, 0.5) is 0 Å². The van der Waals surface area contributed by atoms with Gasteiger partial charge in [-0.2, -0.15) is 0 Å². The minimum atomic E-state index is 0.368. The molecule has 0 aliphatic rings. The van der Waals surface area contributed by atoms with Crippen molar-refractivity contribution in [1.82, 2.24) is 0 Å². The first-order valence-electron chi connectivity index (χ1n) is 5.93. The summed E-state index contributed by atoms with van der Waals surface area (Å²) < 4.78 is 0. The summed E-state index contributed by atoms with van der Waals surface area (Å²) in [6, 6.07) is 11.2. The van der Waals surface area contributed by atoms with Crippen molar-refractivity contribution in [2.24, 2.45) is 0 Å². The molecule has 0 fully saturated rings. The van der Waals surface area contributed by atoms with E-state index < -0.39 is 0 Å². The largest absolute Gasteiger partial charge is 0.508 e. The Bertz CT molecular complexity index is 486. The van der Waals surface area contributed by atoms with Crippen LogP contribution in [-0.2, 0) is 0 Å². The van der Waals surface area contributed by atoms with Crippen LogP contribution in [0.15, 0.2) is 36.4 Å². The maximum absolute atomic E-state index is 9.33. The van der Waals surface area contributed by atoms with Gasteiger partial charge in [0, 0.05) is 0 Å². The predicted octanol–water partition coefficient (Wildman–Crippen LogP) is 4.02. The maximum atomic E-state index is 9.33. The summed E-state index contributed by atoms with van der Waals surface area (Å²) in [5.74, 6) is 0.790. The zero-order chi connectivity index (χ0) is 13.7. The maximum Gasteiger partial charge on any atom is 0.121 e. The number of aromatic hydroxyl groups is 2. The second-order valence-corrected chi connectivity index (χ2v) is 4.53. The monoisotopic (exact) mass is 244 g/mol. The number of para-hydroxylation sites is 1. The molecular weight excluding hydrogens is 224 g/mol. The van der Waals surface area contributed by atoms with Crippen molar-refractivity contribution in [2.45, 2.75) is 27.7 Å². The van der Waals surface area contributed by atoms with Gasteiger partial charge < -0.3 is 10.2 Å². The van der Waals surface area contributed by atoms with Crippen molar-refractivity contribution in [1.29, 1.82) is 0 Å². The molecule has 0 saturated heterocycles. The summed E-state index contributed by atoms with van der Waals surface area (Å²) in [6.45, 7) is 7.72. The summed E-state index contributed by atoms with van der Waals surface area (Å²) in [6.07, 6.45) is 0. The molecular formula is C16H20O2. The standard InChI is InChI=1S/C9H12O.C7H8O/c1-6-4-7(2)9(10)8(3)5-6;1-6-4-2-3-5-7(6)8/h4-5,10H,1-3H3;2-5,8H,1H3. The molecule has 0 saturated carbocycles. The van der Waals surface area contributed by atoms with Crippen molar-refractivity contribution < 1.29 is 10.2 Å². The van der Waals surface area contributed by atoms with Crippen molar-refractivity contribution in [3.8, 4) is 11.5 Å². The van der Waals surface area contributed by atoms with E-state index in [2.05, 4.69) is 0 Å². The van der Waals surface area contributed by atoms with Gasteiger partial charge in [-0.1, -0.05) is 35.9 Å². The molecule has 2 rings (SSSR count). The predicted molar refractivity (Wildman–Crippen MR) is 75.2 cm³/mol. The number of hydrogen-bond donors (Lipinski definition) is 2. The smallest absolute Gasteiger partial charge is 0.121 e. The van der Waals surface area contributed by atoms with E-state index in [4.69, 9.17) is 5.11 Å². The van der Waals surface area contributed by atoms with Crippen LogP contribution in [0, 0.1) is 27.7 Å². The molecule has 0 heterocycles. The van der Waals surface area contributed by atoms with E-state index in [1.54, 1.807) is 6.07 Å². The summed E-state index contributed by atoms with van der Waals surface area (Å²) in [5, 5.41) is 18.2. The lowest BCUT2D eigenvalue weighted by Crippen LogP contribution is -1.81. The van der Waals surface area contributed by atoms with Crippen LogP contribution in [0.1, 0.15) is 22.3 Å². The Kier molecular flexibility index (Phi) is 4.78. The van der Waals surface area contributed by atoms with Gasteiger partial charge in [-0.15, -0.1) is 0 Å². The summed E-state index contributed by atoms with van der Waals surface area (Å²) >= 11 is 0. The van der Waals surface area contributed by atoms with Gasteiger partial charge in [-0.05, 0) is 50.5 Å². The van der Waals surface area contributed by atoms with E-state index in [9.17, 15) is 5.11 Å². The number of benzene rings is 2. The van der Waals surface area contributed by atoms with E-state index >= 15 is 0 Å². The molecule has 2 N–H and O–H groups in total. The lowest BCUT2D eigenvalue weighted by molar-refractivity contribution is 0.466. The molecule has 0 aromatic heterocycles. The van der Waals surface area contributed by atoms with Crippen molar-refractivity contribution in [3.63, 3.8) is 0 Å². The fraction of sp³-hybridized carbons (Fsp3) is 0.250. The third-order valence-electron chi connectivity index (χ3n) is 2.75. The third-order valence-corrected chi connectivity index (χ3v) is 2.75. The van der Waals surface area contributed by atoms with Crippen LogP contribution in [0.25, 0.3) is 0 Å². The molecule has 2 aromatic rings. The third kappa shape index (κ3) is 3.81. The second-order valence-electron chi connectivity index (χ2n) is 4.53. The van der Waals surface area contributed by atoms with E-state index in [0.29, 0.717) is 11.5 Å². The molecule has 2 nitrogen and oxygen atoms in total. The van der Waals surface area contributed by atoms with Gasteiger partial charge in [0.1, 0.15) is 11.5 Å². The Labute approximate surface area is 109 Å². The Balaban J connectivity index is 0.000000184. The molecule has 0 unspecified atom stereocenters. The normalized spacial score (nSPS) is 9.56. The molecule has 2 aromatic carbocycles. The molecule has 18 heavy (non-hydrogen) atoms. The highest BCUT2D eigenvalue weighted by Gasteiger charge is 1.98. The van der Waals surface area contributed by atoms with Gasteiger partial charge in [-0.3, -0.25) is 0 Å². The lowest BCUT2D eigenvalue weighted by atomic mass is 10.1. The molecule has 0 aliphatic heterocycles. The average molecular weight is 244 g/mol. The summed E-state index contributed by atoms with van der Waals surface area (Å²) in [7, 11) is 0. The first-order chi connectivity index (χ1) is 8.41. The molecule has 0 spiro atoms. The van der Waals surface area contributed by atoms with E-state index in [0.717, 1.165) is 16.7 Å². The minimum absolute atomic E-state index is 0.368. The highest BCUT2D eigenvalue weighted by Crippen LogP contribution is 2.21. The van der Waals surface area contributed by atoms with Crippen LogP contribution < -0.4 is 0 Å². The van der Waals surface area contributed by atoms with Gasteiger partial charge in [0.2, 0.25) is 0 Å². The fourth-order valence-electron chi connectivity index (χ4n) is 1.74. The zero-order valence-electron chi connectivity index (χ0n) is 11.4. The van der Waals surface area contributed by atoms with Crippen LogP contribution >= 0.6 is 0 Å². The van der Waals surface area contributed by atoms with Crippen molar-refractivity contribution >= 4 is 0 Å². The van der Waals surface area contributed by atoms with Crippen LogP contribution in [0.2, 0.25) is 0 Å². The Morgan fingerprint density at radius 2 is 1.22 bits per heavy atom. The van der Waals surface area contributed by atoms with Crippen molar-refractivity contribution in [2.75, 3.05) is 0 Å². The lowest BCUT2D eigenvalue weighted by Gasteiger charge is -2.03. The number of aryl methyl sites for hydroxylation is 4. The van der Waals surface area contributed by atoms with E-state index in [-0.39, 0.29) is 0 Å². The molecule has 0 aliphatic carbocycles. The fourth-order valence-corrected chi connectivity index (χ4v) is 1.74. The SMILES string of the molecule is Cc1cc(C)c(O)c(C)c1.Cc1ccccc1O. The first kappa shape index (κ1) is 14.1. The molecule has 96 valence electrons. The van der Waals surface area contributed by atoms with Gasteiger partial charge >= 0.3 is 0 Å². The molecule has 0 amide bonds. The van der Waals surface area contributed by atoms with E-state index in [1.165, 1.54) is 5.56 Å². The highest BCUT2D eigenvalue weighted by atomic mass is 16.3. The number of rotatable bonds is 0. The zero-order valence-corrected chi connectivity index (χ0v) is 11.4. The molecule has 0 bridgehead atoms. The van der Waals surface area contributed by atoms with Crippen LogP contribution in [-0.4, -0.2) is 10.2 Å². The minimum Gasteiger partial charge on any atom is -0.508 e. The Hall–Kier alpha value is -1.96. The molecule has 0 atom stereocenters. The summed E-state index contributed by atoms with van der Waals surface area (Å²) in [5.41, 5.74) is 4.04. The van der Waals surface area contributed by atoms with Gasteiger partial charge in [0.25, 0.3) is 0 Å². The summed E-state index contributed by atoms with van der Waals surface area (Å²) in [4.78, 5) is 0. The van der Waals surface area contributed by atoms with Crippen LogP contribution in [0.5, 0.6) is 11.5 Å². The first-order valence-corrected chi connectivity index (χ1v) is 5.93.